The molecule has 2 atom stereocenters. The van der Waals surface area contributed by atoms with Gasteiger partial charge >= 0.3 is 5.69 Å². The van der Waals surface area contributed by atoms with Gasteiger partial charge in [0.15, 0.2) is 5.78 Å². The van der Waals surface area contributed by atoms with Crippen molar-refractivity contribution in [1.29, 1.82) is 0 Å². The molecule has 1 heterocycles. The molecule has 21 heavy (non-hydrogen) atoms. The molecule has 0 aliphatic carbocycles. The van der Waals surface area contributed by atoms with E-state index >= 15 is 0 Å². The molecule has 2 rings (SSSR count). The van der Waals surface area contributed by atoms with Crippen molar-refractivity contribution in [3.05, 3.63) is 33.4 Å². The van der Waals surface area contributed by atoms with Gasteiger partial charge in [0, 0.05) is 18.0 Å². The smallest absolute Gasteiger partial charge is 0.311 e. The minimum atomic E-state index is -0.645. The van der Waals surface area contributed by atoms with E-state index < -0.39 is 16.4 Å². The molecule has 1 aromatic carbocycles. The number of nitro benzene ring substituents is 1. The van der Waals surface area contributed by atoms with Crippen molar-refractivity contribution in [2.75, 3.05) is 6.54 Å². The molecule has 6 heteroatoms. The van der Waals surface area contributed by atoms with Crippen LogP contribution in [0.25, 0.3) is 0 Å². The van der Waals surface area contributed by atoms with Gasteiger partial charge in [-0.15, -0.1) is 0 Å². The summed E-state index contributed by atoms with van der Waals surface area (Å²) in [6.07, 6.45) is 0.870. The molecule has 114 valence electrons. The number of ketones is 1. The number of rotatable bonds is 5. The number of carbonyl (C=O) groups is 1. The summed E-state index contributed by atoms with van der Waals surface area (Å²) < 4.78 is 0. The molecule has 1 saturated heterocycles. The maximum absolute atomic E-state index is 12.5. The fourth-order valence-corrected chi connectivity index (χ4v) is 2.29. The minimum Gasteiger partial charge on any atom is -0.502 e. The minimum absolute atomic E-state index is 0.0187. The van der Waals surface area contributed by atoms with Gasteiger partial charge in [-0.25, -0.2) is 0 Å². The number of hydrogen-bond donors (Lipinski definition) is 2. The van der Waals surface area contributed by atoms with Crippen molar-refractivity contribution in [2.45, 2.75) is 33.2 Å². The van der Waals surface area contributed by atoms with E-state index in [1.54, 1.807) is 13.0 Å². The number of nitro groups is 1. The number of phenols is 1. The third-order valence-electron chi connectivity index (χ3n) is 4.21. The third kappa shape index (κ3) is 2.90. The second-order valence-electron chi connectivity index (χ2n) is 5.89. The Kier molecular flexibility index (Phi) is 4.27. The van der Waals surface area contributed by atoms with Crippen molar-refractivity contribution in [3.8, 4) is 5.75 Å². The monoisotopic (exact) mass is 292 g/mol. The lowest BCUT2D eigenvalue weighted by atomic mass is 9.87. The normalized spacial score (nSPS) is 19.1. The van der Waals surface area contributed by atoms with E-state index in [0.717, 1.165) is 13.0 Å². The van der Waals surface area contributed by atoms with Crippen LogP contribution in [0.1, 0.15) is 49.2 Å². The van der Waals surface area contributed by atoms with Gasteiger partial charge in [-0.05, 0) is 30.5 Å². The Morgan fingerprint density at radius 3 is 2.48 bits per heavy atom. The van der Waals surface area contributed by atoms with Crippen LogP contribution in [0.5, 0.6) is 5.75 Å². The fourth-order valence-electron chi connectivity index (χ4n) is 2.29. The lowest BCUT2D eigenvalue weighted by Gasteiger charge is -2.28. The van der Waals surface area contributed by atoms with Crippen LogP contribution in [-0.4, -0.2) is 22.4 Å². The average molecular weight is 292 g/mol. The van der Waals surface area contributed by atoms with Crippen molar-refractivity contribution in [3.63, 3.8) is 0 Å². The second-order valence-corrected chi connectivity index (χ2v) is 5.89. The molecular formula is C15H20N2O4. The van der Waals surface area contributed by atoms with Crippen LogP contribution in [0.4, 0.5) is 5.69 Å². The Morgan fingerprint density at radius 1 is 1.43 bits per heavy atom. The molecule has 0 aromatic heterocycles. The molecule has 0 saturated carbocycles. The molecule has 0 radical (unpaired) electrons. The maximum Gasteiger partial charge on any atom is 0.311 e. The summed E-state index contributed by atoms with van der Waals surface area (Å²) in [6, 6.07) is 2.95. The summed E-state index contributed by atoms with van der Waals surface area (Å²) in [5.41, 5.74) is 0.333. The maximum atomic E-state index is 12.5. The van der Waals surface area contributed by atoms with E-state index in [1.165, 1.54) is 6.07 Å². The van der Waals surface area contributed by atoms with Gasteiger partial charge in [-0.3, -0.25) is 14.9 Å². The number of carbonyl (C=O) groups excluding carboxylic acids is 1. The van der Waals surface area contributed by atoms with Crippen LogP contribution in [-0.2, 0) is 0 Å². The summed E-state index contributed by atoms with van der Waals surface area (Å²) in [5, 5.41) is 24.3. The SMILES string of the molecule is CC(C)C(C)C(=O)c1cc(C2CCN2)cc([N+](=O)[O-])c1O. The topological polar surface area (TPSA) is 92.5 Å². The standard InChI is InChI=1S/C15H20N2O4/c1-8(2)9(3)14(18)11-6-10(12-4-5-16-12)7-13(15(11)19)17(20)21/h6-9,12,16,19H,4-5H2,1-3H3. The zero-order valence-electron chi connectivity index (χ0n) is 12.4. The highest BCUT2D eigenvalue weighted by Gasteiger charge is 2.30. The molecule has 1 aromatic rings. The number of nitrogens with one attached hydrogen (secondary N) is 1. The predicted octanol–water partition coefficient (Wildman–Crippen LogP) is 2.81. The highest BCUT2D eigenvalue weighted by atomic mass is 16.6. The van der Waals surface area contributed by atoms with Gasteiger partial charge < -0.3 is 10.4 Å². The first-order valence-corrected chi connectivity index (χ1v) is 7.11. The summed E-state index contributed by atoms with van der Waals surface area (Å²) in [7, 11) is 0. The van der Waals surface area contributed by atoms with Crippen molar-refractivity contribution in [1.82, 2.24) is 5.32 Å². The van der Waals surface area contributed by atoms with Crippen LogP contribution in [0.3, 0.4) is 0 Å². The highest BCUT2D eigenvalue weighted by molar-refractivity contribution is 6.01. The molecule has 0 amide bonds. The van der Waals surface area contributed by atoms with E-state index in [2.05, 4.69) is 5.32 Å². The molecule has 1 fully saturated rings. The van der Waals surface area contributed by atoms with Crippen LogP contribution < -0.4 is 5.32 Å². The molecule has 2 unspecified atom stereocenters. The average Bonchev–Trinajstić information content (AvgIpc) is 2.36. The van der Waals surface area contributed by atoms with E-state index in [0.29, 0.717) is 5.56 Å². The summed E-state index contributed by atoms with van der Waals surface area (Å²) in [4.78, 5) is 22.9. The summed E-state index contributed by atoms with van der Waals surface area (Å²) in [5.74, 6) is -0.992. The Hall–Kier alpha value is -1.95. The molecule has 1 aliphatic heterocycles. The molecule has 0 bridgehead atoms. The van der Waals surface area contributed by atoms with E-state index in [9.17, 15) is 20.0 Å². The molecule has 6 nitrogen and oxygen atoms in total. The first-order chi connectivity index (χ1) is 9.82. The molecular weight excluding hydrogens is 272 g/mol. The zero-order valence-corrected chi connectivity index (χ0v) is 12.4. The van der Waals surface area contributed by atoms with Crippen molar-refractivity contribution in [2.24, 2.45) is 11.8 Å². The quantitative estimate of drug-likeness (QED) is 0.494. The van der Waals surface area contributed by atoms with E-state index in [-0.39, 0.29) is 29.2 Å². The van der Waals surface area contributed by atoms with Gasteiger partial charge in [0.1, 0.15) is 0 Å². The zero-order chi connectivity index (χ0) is 15.7. The molecule has 2 N–H and O–H groups in total. The Bertz CT molecular complexity index is 579. The van der Waals surface area contributed by atoms with Crippen molar-refractivity contribution < 1.29 is 14.8 Å². The lowest BCUT2D eigenvalue weighted by Crippen LogP contribution is -2.35. The first-order valence-electron chi connectivity index (χ1n) is 7.11. The van der Waals surface area contributed by atoms with Gasteiger partial charge in [-0.2, -0.15) is 0 Å². The van der Waals surface area contributed by atoms with Gasteiger partial charge in [-0.1, -0.05) is 20.8 Å². The molecule has 0 spiro atoms. The van der Waals surface area contributed by atoms with Crippen LogP contribution in [0.2, 0.25) is 0 Å². The number of nitrogens with zero attached hydrogens (tertiary/aromatic N) is 1. The summed E-state index contributed by atoms with van der Waals surface area (Å²) >= 11 is 0. The fraction of sp³-hybridized carbons (Fsp3) is 0.533. The van der Waals surface area contributed by atoms with Crippen LogP contribution in [0, 0.1) is 22.0 Å². The van der Waals surface area contributed by atoms with E-state index in [1.807, 2.05) is 13.8 Å². The Labute approximate surface area is 123 Å². The summed E-state index contributed by atoms with van der Waals surface area (Å²) in [6.45, 7) is 6.44. The highest BCUT2D eigenvalue weighted by Crippen LogP contribution is 2.37. The second kappa shape index (κ2) is 5.81. The lowest BCUT2D eigenvalue weighted by molar-refractivity contribution is -0.386. The molecule has 1 aliphatic rings. The van der Waals surface area contributed by atoms with E-state index in [4.69, 9.17) is 0 Å². The number of Topliss-reactive ketones (excluding diaryl/α,β-unsaturated/α-hetero) is 1. The van der Waals surface area contributed by atoms with Crippen LogP contribution in [0.15, 0.2) is 12.1 Å². The number of benzene rings is 1. The number of aromatic hydroxyl groups is 1. The third-order valence-corrected chi connectivity index (χ3v) is 4.21. The number of phenolic OH excluding ortho intramolecular Hbond substituents is 1. The van der Waals surface area contributed by atoms with Gasteiger partial charge in [0.05, 0.1) is 10.5 Å². The number of hydrogen-bond acceptors (Lipinski definition) is 5. The van der Waals surface area contributed by atoms with Gasteiger partial charge in [0.2, 0.25) is 5.75 Å². The van der Waals surface area contributed by atoms with Crippen LogP contribution >= 0.6 is 0 Å². The van der Waals surface area contributed by atoms with Gasteiger partial charge in [0.25, 0.3) is 0 Å². The predicted molar refractivity (Wildman–Crippen MR) is 78.5 cm³/mol. The Balaban J connectivity index is 2.50. The Morgan fingerprint density at radius 2 is 2.05 bits per heavy atom. The largest absolute Gasteiger partial charge is 0.502 e. The first kappa shape index (κ1) is 15.4. The van der Waals surface area contributed by atoms with Crippen molar-refractivity contribution >= 4 is 11.5 Å².